The third kappa shape index (κ3) is 3.58. The van der Waals surface area contributed by atoms with Gasteiger partial charge in [0.15, 0.2) is 0 Å². The average Bonchev–Trinajstić information content (AvgIpc) is 2.46. The maximum Gasteiger partial charge on any atom is 0.248 e. The molecule has 1 amide bonds. The number of hydrogen-bond acceptors (Lipinski definition) is 3. The lowest BCUT2D eigenvalue weighted by molar-refractivity contribution is 0.0999. The number of nitriles is 1. The van der Waals surface area contributed by atoms with Crippen molar-refractivity contribution in [3.05, 3.63) is 63.4 Å². The van der Waals surface area contributed by atoms with E-state index in [0.29, 0.717) is 11.3 Å². The molecule has 0 unspecified atom stereocenters. The number of ether oxygens (including phenoxy) is 1. The second-order valence-electron chi connectivity index (χ2n) is 4.21. The Balaban J connectivity index is 2.17. The lowest BCUT2D eigenvalue weighted by atomic mass is 10.1. The number of carbonyl (C=O) groups is 1. The van der Waals surface area contributed by atoms with E-state index in [0.717, 1.165) is 10.5 Å². The summed E-state index contributed by atoms with van der Waals surface area (Å²) in [6.45, 7) is -0.0544. The number of halogens is 2. The molecule has 0 aliphatic rings. The van der Waals surface area contributed by atoms with E-state index in [1.807, 2.05) is 6.07 Å². The van der Waals surface area contributed by atoms with Crippen LogP contribution in [0.5, 0.6) is 5.75 Å². The van der Waals surface area contributed by atoms with Crippen LogP contribution in [0.4, 0.5) is 4.39 Å². The van der Waals surface area contributed by atoms with Gasteiger partial charge in [-0.2, -0.15) is 5.26 Å². The molecule has 21 heavy (non-hydrogen) atoms. The van der Waals surface area contributed by atoms with Crippen molar-refractivity contribution in [3.63, 3.8) is 0 Å². The molecule has 0 bridgehead atoms. The van der Waals surface area contributed by atoms with Crippen LogP contribution in [0.15, 0.2) is 40.9 Å². The van der Waals surface area contributed by atoms with Crippen molar-refractivity contribution in [1.29, 1.82) is 5.26 Å². The van der Waals surface area contributed by atoms with Crippen LogP contribution < -0.4 is 10.5 Å². The van der Waals surface area contributed by atoms with Crippen molar-refractivity contribution in [2.45, 2.75) is 6.61 Å². The molecule has 2 aromatic rings. The van der Waals surface area contributed by atoms with Crippen LogP contribution in [-0.4, -0.2) is 5.91 Å². The molecule has 0 saturated heterocycles. The Labute approximate surface area is 129 Å². The van der Waals surface area contributed by atoms with E-state index in [4.69, 9.17) is 15.7 Å². The SMILES string of the molecule is N#Cc1cc(Br)ccc1OCc1ccc(C(N)=O)cc1F. The minimum Gasteiger partial charge on any atom is -0.487 e. The van der Waals surface area contributed by atoms with E-state index in [1.165, 1.54) is 12.1 Å². The number of hydrogen-bond donors (Lipinski definition) is 1. The number of carbonyl (C=O) groups excluding carboxylic acids is 1. The highest BCUT2D eigenvalue weighted by atomic mass is 79.9. The maximum absolute atomic E-state index is 13.8. The quantitative estimate of drug-likeness (QED) is 0.921. The molecule has 2 rings (SSSR count). The topological polar surface area (TPSA) is 76.1 Å². The first kappa shape index (κ1) is 15.0. The highest BCUT2D eigenvalue weighted by Gasteiger charge is 2.09. The summed E-state index contributed by atoms with van der Waals surface area (Å²) < 4.78 is 20.0. The summed E-state index contributed by atoms with van der Waals surface area (Å²) in [5.41, 5.74) is 5.78. The molecule has 4 nitrogen and oxygen atoms in total. The smallest absolute Gasteiger partial charge is 0.248 e. The number of amides is 1. The normalized spacial score (nSPS) is 9.95. The first-order chi connectivity index (χ1) is 10.0. The Hall–Kier alpha value is -2.39. The Bertz CT molecular complexity index is 741. The van der Waals surface area contributed by atoms with Crippen LogP contribution in [0, 0.1) is 17.1 Å². The van der Waals surface area contributed by atoms with E-state index < -0.39 is 11.7 Å². The molecule has 0 aliphatic carbocycles. The molecular weight excluding hydrogens is 339 g/mol. The lowest BCUT2D eigenvalue weighted by Crippen LogP contribution is -2.11. The van der Waals surface area contributed by atoms with Gasteiger partial charge in [-0.15, -0.1) is 0 Å². The molecule has 6 heteroatoms. The minimum absolute atomic E-state index is 0.0544. The summed E-state index contributed by atoms with van der Waals surface area (Å²) in [5, 5.41) is 9.02. The van der Waals surface area contributed by atoms with Crippen LogP contribution >= 0.6 is 15.9 Å². The van der Waals surface area contributed by atoms with Gasteiger partial charge < -0.3 is 10.5 Å². The standard InChI is InChI=1S/C15H10BrFN2O2/c16-12-3-4-14(11(5-12)7-18)21-8-10-2-1-9(15(19)20)6-13(10)17/h1-6H,8H2,(H2,19,20). The zero-order chi connectivity index (χ0) is 15.4. The number of nitrogens with two attached hydrogens (primary N) is 1. The lowest BCUT2D eigenvalue weighted by Gasteiger charge is -2.09. The molecule has 2 N–H and O–H groups in total. The van der Waals surface area contributed by atoms with Gasteiger partial charge in [0.1, 0.15) is 24.2 Å². The van der Waals surface area contributed by atoms with Crippen molar-refractivity contribution >= 4 is 21.8 Å². The first-order valence-corrected chi connectivity index (χ1v) is 6.71. The van der Waals surface area contributed by atoms with Crippen LogP contribution in [0.1, 0.15) is 21.5 Å². The Kier molecular flexibility index (Phi) is 4.55. The largest absolute Gasteiger partial charge is 0.487 e. The molecule has 106 valence electrons. The number of nitrogens with zero attached hydrogens (tertiary/aromatic N) is 1. The van der Waals surface area contributed by atoms with Gasteiger partial charge in [-0.3, -0.25) is 4.79 Å². The Morgan fingerprint density at radius 3 is 2.71 bits per heavy atom. The predicted molar refractivity (Wildman–Crippen MR) is 78.1 cm³/mol. The van der Waals surface area contributed by atoms with Crippen molar-refractivity contribution in [3.8, 4) is 11.8 Å². The molecule has 0 heterocycles. The fourth-order valence-electron chi connectivity index (χ4n) is 1.69. The van der Waals surface area contributed by atoms with Gasteiger partial charge in [0, 0.05) is 15.6 Å². The van der Waals surface area contributed by atoms with E-state index >= 15 is 0 Å². The maximum atomic E-state index is 13.8. The molecule has 0 radical (unpaired) electrons. The Morgan fingerprint density at radius 2 is 2.10 bits per heavy atom. The van der Waals surface area contributed by atoms with Gasteiger partial charge in [0.25, 0.3) is 0 Å². The molecular formula is C15H10BrFN2O2. The number of rotatable bonds is 4. The van der Waals surface area contributed by atoms with E-state index in [2.05, 4.69) is 15.9 Å². The molecule has 0 aliphatic heterocycles. The molecule has 0 atom stereocenters. The predicted octanol–water partition coefficient (Wildman–Crippen LogP) is 3.14. The summed E-state index contributed by atoms with van der Waals surface area (Å²) in [6, 6.07) is 10.9. The monoisotopic (exact) mass is 348 g/mol. The molecule has 0 fully saturated rings. The fourth-order valence-corrected chi connectivity index (χ4v) is 2.05. The average molecular weight is 349 g/mol. The van der Waals surface area contributed by atoms with Crippen molar-refractivity contribution in [2.24, 2.45) is 5.73 Å². The summed E-state index contributed by atoms with van der Waals surface area (Å²) in [6.07, 6.45) is 0. The van der Waals surface area contributed by atoms with Crippen molar-refractivity contribution in [1.82, 2.24) is 0 Å². The van der Waals surface area contributed by atoms with E-state index in [1.54, 1.807) is 18.2 Å². The fraction of sp³-hybridized carbons (Fsp3) is 0.0667. The summed E-state index contributed by atoms with van der Waals surface area (Å²) >= 11 is 3.26. The number of primary amides is 1. The van der Waals surface area contributed by atoms with Gasteiger partial charge in [0.2, 0.25) is 5.91 Å². The molecule has 2 aromatic carbocycles. The highest BCUT2D eigenvalue weighted by Crippen LogP contribution is 2.23. The zero-order valence-electron chi connectivity index (χ0n) is 10.8. The second-order valence-corrected chi connectivity index (χ2v) is 5.13. The van der Waals surface area contributed by atoms with Crippen LogP contribution in [0.3, 0.4) is 0 Å². The third-order valence-corrected chi connectivity index (χ3v) is 3.28. The van der Waals surface area contributed by atoms with Crippen LogP contribution in [0.2, 0.25) is 0 Å². The van der Waals surface area contributed by atoms with Gasteiger partial charge >= 0.3 is 0 Å². The van der Waals surface area contributed by atoms with Crippen molar-refractivity contribution < 1.29 is 13.9 Å². The van der Waals surface area contributed by atoms with Gasteiger partial charge in [-0.25, -0.2) is 4.39 Å². The molecule has 0 aromatic heterocycles. The minimum atomic E-state index is -0.693. The van der Waals surface area contributed by atoms with Crippen molar-refractivity contribution in [2.75, 3.05) is 0 Å². The van der Waals surface area contributed by atoms with Gasteiger partial charge in [-0.05, 0) is 30.3 Å². The van der Waals surface area contributed by atoms with Crippen LogP contribution in [0.25, 0.3) is 0 Å². The van der Waals surface area contributed by atoms with Crippen LogP contribution in [-0.2, 0) is 6.61 Å². The van der Waals surface area contributed by atoms with E-state index in [9.17, 15) is 9.18 Å². The summed E-state index contributed by atoms with van der Waals surface area (Å²) in [7, 11) is 0. The summed E-state index contributed by atoms with van der Waals surface area (Å²) in [5.74, 6) is -0.915. The molecule has 0 spiro atoms. The third-order valence-electron chi connectivity index (χ3n) is 2.78. The van der Waals surface area contributed by atoms with Gasteiger partial charge in [0.05, 0.1) is 5.56 Å². The highest BCUT2D eigenvalue weighted by molar-refractivity contribution is 9.10. The second kappa shape index (κ2) is 6.37. The first-order valence-electron chi connectivity index (χ1n) is 5.92. The Morgan fingerprint density at radius 1 is 1.33 bits per heavy atom. The zero-order valence-corrected chi connectivity index (χ0v) is 12.4. The van der Waals surface area contributed by atoms with Gasteiger partial charge in [-0.1, -0.05) is 22.0 Å². The number of benzene rings is 2. The molecule has 0 saturated carbocycles. The van der Waals surface area contributed by atoms with E-state index in [-0.39, 0.29) is 17.7 Å². The summed E-state index contributed by atoms with van der Waals surface area (Å²) in [4.78, 5) is 10.9.